The summed E-state index contributed by atoms with van der Waals surface area (Å²) in [5.74, 6) is -1.54. The van der Waals surface area contributed by atoms with Gasteiger partial charge in [-0.05, 0) is 40.2 Å². The van der Waals surface area contributed by atoms with E-state index < -0.39 is 43.7 Å². The zero-order valence-electron chi connectivity index (χ0n) is 23.4. The van der Waals surface area contributed by atoms with Crippen LogP contribution in [0.25, 0.3) is 0 Å². The number of benzene rings is 1. The van der Waals surface area contributed by atoms with Gasteiger partial charge in [-0.25, -0.2) is 0 Å². The maximum Gasteiger partial charge on any atom is 0.177 e. The van der Waals surface area contributed by atoms with Crippen molar-refractivity contribution in [2.75, 3.05) is 0 Å². The molecule has 4 nitrogen and oxygen atoms in total. The number of carbonyl (C=O) groups is 4. The van der Waals surface area contributed by atoms with Gasteiger partial charge in [-0.1, -0.05) is 101 Å². The van der Waals surface area contributed by atoms with E-state index in [1.165, 1.54) is 0 Å². The molecule has 1 fully saturated rings. The van der Waals surface area contributed by atoms with Crippen LogP contribution in [0.15, 0.2) is 18.2 Å². The van der Waals surface area contributed by atoms with Crippen molar-refractivity contribution in [1.29, 1.82) is 0 Å². The summed E-state index contributed by atoms with van der Waals surface area (Å²) in [7, 11) is 0. The Kier molecular flexibility index (Phi) is 5.27. The predicted molar refractivity (Wildman–Crippen MR) is 135 cm³/mol. The van der Waals surface area contributed by atoms with Crippen LogP contribution in [0.4, 0.5) is 0 Å². The Morgan fingerprint density at radius 2 is 0.912 bits per heavy atom. The quantitative estimate of drug-likeness (QED) is 0.420. The second kappa shape index (κ2) is 6.77. The molecule has 0 atom stereocenters. The molecule has 0 bridgehead atoms. The highest BCUT2D eigenvalue weighted by Gasteiger charge is 2.86. The molecule has 0 radical (unpaired) electrons. The molecule has 186 valence electrons. The van der Waals surface area contributed by atoms with E-state index in [1.807, 2.05) is 90.0 Å². The molecule has 0 amide bonds. The lowest BCUT2D eigenvalue weighted by Crippen LogP contribution is -2.84. The monoisotopic (exact) mass is 466 g/mol. The lowest BCUT2D eigenvalue weighted by atomic mass is 9.30. The Bertz CT molecular complexity index is 1070. The Balaban J connectivity index is 2.58. The molecule has 0 saturated heterocycles. The van der Waals surface area contributed by atoms with Crippen LogP contribution in [-0.2, 0) is 19.8 Å². The topological polar surface area (TPSA) is 68.3 Å². The average molecular weight is 467 g/mol. The highest BCUT2D eigenvalue weighted by Crippen LogP contribution is 2.70. The number of ketones is 4. The summed E-state index contributed by atoms with van der Waals surface area (Å²) >= 11 is 0. The maximum atomic E-state index is 14.9. The first-order valence-corrected chi connectivity index (χ1v) is 12.3. The third-order valence-electron chi connectivity index (χ3n) is 8.71. The van der Waals surface area contributed by atoms with E-state index in [4.69, 9.17) is 0 Å². The van der Waals surface area contributed by atoms with Crippen LogP contribution >= 0.6 is 0 Å². The molecule has 0 heterocycles. The van der Waals surface area contributed by atoms with Gasteiger partial charge < -0.3 is 0 Å². The summed E-state index contributed by atoms with van der Waals surface area (Å²) in [6, 6.07) is 5.21. The normalized spacial score (nSPS) is 22.0. The Labute approximate surface area is 205 Å². The summed E-state index contributed by atoms with van der Waals surface area (Å²) < 4.78 is 0. The van der Waals surface area contributed by atoms with Crippen LogP contribution in [-0.4, -0.2) is 23.1 Å². The lowest BCUT2D eigenvalue weighted by molar-refractivity contribution is -0.191. The number of hydrogen-bond donors (Lipinski definition) is 0. The average Bonchev–Trinajstić information content (AvgIpc) is 2.58. The third-order valence-corrected chi connectivity index (χ3v) is 8.71. The molecule has 1 aromatic rings. The fourth-order valence-corrected chi connectivity index (χ4v) is 8.01. The molecular weight excluding hydrogens is 424 g/mol. The van der Waals surface area contributed by atoms with Crippen LogP contribution in [0.1, 0.15) is 105 Å². The first-order chi connectivity index (χ1) is 15.0. The molecule has 0 aromatic heterocycles. The Morgan fingerprint density at radius 1 is 0.559 bits per heavy atom. The minimum absolute atomic E-state index is 0.274. The van der Waals surface area contributed by atoms with E-state index in [2.05, 4.69) is 0 Å². The van der Waals surface area contributed by atoms with E-state index in [0.717, 1.165) is 5.56 Å². The number of carbonyl (C=O) groups excluding carboxylic acids is 4. The van der Waals surface area contributed by atoms with Crippen molar-refractivity contribution in [1.82, 2.24) is 0 Å². The van der Waals surface area contributed by atoms with Crippen LogP contribution in [0.5, 0.6) is 0 Å². The van der Waals surface area contributed by atoms with Crippen molar-refractivity contribution in [3.63, 3.8) is 0 Å². The van der Waals surface area contributed by atoms with Crippen molar-refractivity contribution in [3.05, 3.63) is 34.9 Å². The summed E-state index contributed by atoms with van der Waals surface area (Å²) in [6.07, 6.45) is 0. The van der Waals surface area contributed by atoms with Gasteiger partial charge in [0.05, 0.1) is 0 Å². The minimum Gasteiger partial charge on any atom is -0.297 e. The fraction of sp³-hybridized carbons (Fsp3) is 0.667. The van der Waals surface area contributed by atoms with Gasteiger partial charge in [0.15, 0.2) is 28.5 Å². The maximum absolute atomic E-state index is 14.9. The molecule has 0 N–H and O–H groups in total. The van der Waals surface area contributed by atoms with Crippen molar-refractivity contribution < 1.29 is 19.2 Å². The van der Waals surface area contributed by atoms with Gasteiger partial charge in [-0.15, -0.1) is 0 Å². The minimum atomic E-state index is -1.96. The summed E-state index contributed by atoms with van der Waals surface area (Å²) in [5.41, 5.74) is -6.45. The number of fused-ring (bicyclic) bond motifs is 2. The van der Waals surface area contributed by atoms with E-state index in [0.29, 0.717) is 5.56 Å². The van der Waals surface area contributed by atoms with E-state index in [1.54, 1.807) is 18.2 Å². The highest BCUT2D eigenvalue weighted by atomic mass is 16.2. The highest BCUT2D eigenvalue weighted by molar-refractivity contribution is 6.50. The SMILES string of the molecule is Cc1ccc2c(c1)C(=O)C(C(C)(C)C)(C(C)(C)C)C(=O)C21C(=O)C(C(C)(C)C)(C(C)(C)C)C1=O. The van der Waals surface area contributed by atoms with Crippen LogP contribution in [0.2, 0.25) is 0 Å². The van der Waals surface area contributed by atoms with Crippen molar-refractivity contribution in [2.45, 2.75) is 95.4 Å². The number of aryl methyl sites for hydroxylation is 1. The molecule has 1 aromatic carbocycles. The van der Waals surface area contributed by atoms with Gasteiger partial charge in [0.2, 0.25) is 0 Å². The molecule has 2 aliphatic rings. The van der Waals surface area contributed by atoms with Crippen LogP contribution < -0.4 is 0 Å². The van der Waals surface area contributed by atoms with Gasteiger partial charge in [0, 0.05) is 5.56 Å². The largest absolute Gasteiger partial charge is 0.297 e. The van der Waals surface area contributed by atoms with Crippen LogP contribution in [0.3, 0.4) is 0 Å². The van der Waals surface area contributed by atoms with Gasteiger partial charge >= 0.3 is 0 Å². The first kappa shape index (κ1) is 26.5. The van der Waals surface area contributed by atoms with Crippen molar-refractivity contribution in [2.24, 2.45) is 32.5 Å². The molecule has 1 spiro atoms. The fourth-order valence-electron chi connectivity index (χ4n) is 8.01. The van der Waals surface area contributed by atoms with Gasteiger partial charge in [0.1, 0.15) is 10.8 Å². The zero-order chi connectivity index (χ0) is 26.7. The lowest BCUT2D eigenvalue weighted by Gasteiger charge is -2.67. The standard InChI is InChI=1S/C30H42O4/c1-17-14-15-19-18(16-17)20(31)29(24(2,3)4,25(5,6)7)21(32)28(19)22(33)30(23(28)34,26(8,9)10)27(11,12)13/h14-16H,1-13H3. The smallest absolute Gasteiger partial charge is 0.177 e. The molecule has 0 aliphatic heterocycles. The van der Waals surface area contributed by atoms with Crippen molar-refractivity contribution in [3.8, 4) is 0 Å². The Hall–Kier alpha value is -2.10. The zero-order valence-corrected chi connectivity index (χ0v) is 23.4. The van der Waals surface area contributed by atoms with Crippen molar-refractivity contribution >= 4 is 23.1 Å². The van der Waals surface area contributed by atoms with Gasteiger partial charge in [-0.3, -0.25) is 19.2 Å². The molecular formula is C30H42O4. The second-order valence-electron chi connectivity index (χ2n) is 14.6. The summed E-state index contributed by atoms with van der Waals surface area (Å²) in [6.45, 7) is 24.5. The molecule has 34 heavy (non-hydrogen) atoms. The summed E-state index contributed by atoms with van der Waals surface area (Å²) in [5, 5.41) is 0. The van der Waals surface area contributed by atoms with Crippen LogP contribution in [0, 0.1) is 39.4 Å². The van der Waals surface area contributed by atoms with E-state index >= 15 is 0 Å². The predicted octanol–water partition coefficient (Wildman–Crippen LogP) is 6.31. The number of hydrogen-bond acceptors (Lipinski definition) is 4. The molecule has 3 rings (SSSR count). The van der Waals surface area contributed by atoms with Gasteiger partial charge in [-0.2, -0.15) is 0 Å². The Morgan fingerprint density at radius 3 is 1.26 bits per heavy atom. The summed E-state index contributed by atoms with van der Waals surface area (Å²) in [4.78, 5) is 58.7. The first-order valence-electron chi connectivity index (χ1n) is 12.3. The van der Waals surface area contributed by atoms with Gasteiger partial charge in [0.25, 0.3) is 0 Å². The third kappa shape index (κ3) is 2.55. The van der Waals surface area contributed by atoms with E-state index in [9.17, 15) is 19.2 Å². The molecule has 4 heteroatoms. The second-order valence-corrected chi connectivity index (χ2v) is 14.6. The molecule has 0 unspecified atom stereocenters. The molecule has 2 aliphatic carbocycles. The number of rotatable bonds is 0. The van der Waals surface area contributed by atoms with E-state index in [-0.39, 0.29) is 22.9 Å². The molecule has 1 saturated carbocycles. The number of Topliss-reactive ketones (excluding diaryl/α,β-unsaturated/α-hetero) is 4.